The molecule has 1 aromatic carbocycles. The van der Waals surface area contributed by atoms with E-state index < -0.39 is 0 Å². The number of H-pyrrole nitrogens is 1. The van der Waals surface area contributed by atoms with Crippen molar-refractivity contribution < 1.29 is 0 Å². The quantitative estimate of drug-likeness (QED) is 0.481. The Bertz CT molecular complexity index is 1230. The first kappa shape index (κ1) is 17.9. The number of hydrogen-bond acceptors (Lipinski definition) is 5. The van der Waals surface area contributed by atoms with Crippen molar-refractivity contribution in [3.8, 4) is 0 Å². The summed E-state index contributed by atoms with van der Waals surface area (Å²) < 4.78 is 2.28. The molecule has 1 aliphatic rings. The van der Waals surface area contributed by atoms with Gasteiger partial charge in [-0.3, -0.25) is 4.79 Å². The molecule has 144 valence electrons. The van der Waals surface area contributed by atoms with Gasteiger partial charge in [-0.2, -0.15) is 0 Å². The zero-order valence-electron chi connectivity index (χ0n) is 16.0. The monoisotopic (exact) mass is 410 g/mol. The normalized spacial score (nSPS) is 13.8. The van der Waals surface area contributed by atoms with E-state index in [1.165, 1.54) is 10.4 Å². The van der Waals surface area contributed by atoms with Gasteiger partial charge in [0.2, 0.25) is 0 Å². The third kappa shape index (κ3) is 3.06. The Morgan fingerprint density at radius 2 is 2.11 bits per heavy atom. The largest absolute Gasteiger partial charge is 0.319 e. The number of nitrogens with one attached hydrogen (secondary N) is 1. The molecular formula is C21H22N4OS2. The van der Waals surface area contributed by atoms with Crippen LogP contribution in [0.3, 0.4) is 0 Å². The van der Waals surface area contributed by atoms with Crippen molar-refractivity contribution in [3.63, 3.8) is 0 Å². The van der Waals surface area contributed by atoms with Gasteiger partial charge in [-0.1, -0.05) is 37.7 Å². The minimum atomic E-state index is 0.00989. The molecule has 0 fully saturated rings. The lowest BCUT2D eigenvalue weighted by molar-refractivity contribution is 0.505. The van der Waals surface area contributed by atoms with E-state index in [2.05, 4.69) is 41.6 Å². The van der Waals surface area contributed by atoms with Gasteiger partial charge in [0.25, 0.3) is 5.56 Å². The second-order valence-electron chi connectivity index (χ2n) is 7.73. The summed E-state index contributed by atoms with van der Waals surface area (Å²) in [5.41, 5.74) is 3.41. The predicted octanol–water partition coefficient (Wildman–Crippen LogP) is 4.77. The van der Waals surface area contributed by atoms with Gasteiger partial charge >= 0.3 is 0 Å². The van der Waals surface area contributed by atoms with E-state index in [0.717, 1.165) is 58.0 Å². The molecule has 0 spiro atoms. The molecule has 3 aromatic heterocycles. The minimum Gasteiger partial charge on any atom is -0.319 e. The van der Waals surface area contributed by atoms with Crippen LogP contribution in [0.5, 0.6) is 0 Å². The molecule has 5 rings (SSSR count). The highest BCUT2D eigenvalue weighted by Crippen LogP contribution is 2.35. The predicted molar refractivity (Wildman–Crippen MR) is 116 cm³/mol. The Morgan fingerprint density at radius 1 is 1.25 bits per heavy atom. The van der Waals surface area contributed by atoms with Gasteiger partial charge in [0.15, 0.2) is 5.16 Å². The fourth-order valence-electron chi connectivity index (χ4n) is 3.95. The van der Waals surface area contributed by atoms with E-state index in [-0.39, 0.29) is 5.56 Å². The summed E-state index contributed by atoms with van der Waals surface area (Å²) in [5.74, 6) is 1.86. The van der Waals surface area contributed by atoms with Gasteiger partial charge < -0.3 is 9.55 Å². The first-order chi connectivity index (χ1) is 13.6. The summed E-state index contributed by atoms with van der Waals surface area (Å²) in [5, 5.41) is 1.80. The summed E-state index contributed by atoms with van der Waals surface area (Å²) in [6, 6.07) is 8.24. The number of hydrogen-bond donors (Lipinski definition) is 1. The molecule has 28 heavy (non-hydrogen) atoms. The Hall–Kier alpha value is -2.12. The standard InChI is InChI=1S/C21H22N4OS2/c1-12(2)10-25-15-8-4-3-7-14(15)22-21(25)27-11-17-23-19(26)18-13-6-5-9-16(13)28-20(18)24-17/h3-4,7-8,12H,5-6,9-11H2,1-2H3,(H,23,24,26). The van der Waals surface area contributed by atoms with Crippen molar-refractivity contribution in [2.45, 2.75) is 50.6 Å². The number of aryl methyl sites for hydroxylation is 2. The van der Waals surface area contributed by atoms with Gasteiger partial charge in [-0.05, 0) is 42.9 Å². The van der Waals surface area contributed by atoms with Crippen LogP contribution in [0, 0.1) is 5.92 Å². The summed E-state index contributed by atoms with van der Waals surface area (Å²) in [6.07, 6.45) is 3.24. The number of aromatic amines is 1. The molecule has 7 heteroatoms. The highest BCUT2D eigenvalue weighted by molar-refractivity contribution is 7.98. The summed E-state index contributed by atoms with van der Waals surface area (Å²) in [4.78, 5) is 27.5. The van der Waals surface area contributed by atoms with E-state index in [9.17, 15) is 4.79 Å². The maximum atomic E-state index is 12.7. The van der Waals surface area contributed by atoms with Crippen LogP contribution in [0.4, 0.5) is 0 Å². The molecule has 0 amide bonds. The molecule has 3 heterocycles. The van der Waals surface area contributed by atoms with Crippen molar-refractivity contribution in [1.29, 1.82) is 0 Å². The van der Waals surface area contributed by atoms with Gasteiger partial charge in [0.1, 0.15) is 10.7 Å². The topological polar surface area (TPSA) is 63.6 Å². The van der Waals surface area contributed by atoms with Gasteiger partial charge in [0, 0.05) is 11.4 Å². The lowest BCUT2D eigenvalue weighted by Gasteiger charge is -2.11. The molecule has 5 nitrogen and oxygen atoms in total. The van der Waals surface area contributed by atoms with Crippen molar-refractivity contribution >= 4 is 44.3 Å². The molecule has 0 saturated heterocycles. The van der Waals surface area contributed by atoms with Crippen LogP contribution < -0.4 is 5.56 Å². The van der Waals surface area contributed by atoms with Gasteiger partial charge in [0.05, 0.1) is 22.2 Å². The van der Waals surface area contributed by atoms with Crippen molar-refractivity contribution in [2.75, 3.05) is 0 Å². The van der Waals surface area contributed by atoms with E-state index in [0.29, 0.717) is 11.7 Å². The first-order valence-electron chi connectivity index (χ1n) is 9.71. The second kappa shape index (κ2) is 7.04. The average molecular weight is 411 g/mol. The van der Waals surface area contributed by atoms with Crippen molar-refractivity contribution in [1.82, 2.24) is 19.5 Å². The van der Waals surface area contributed by atoms with Gasteiger partial charge in [-0.15, -0.1) is 11.3 Å². The van der Waals surface area contributed by atoms with Crippen LogP contribution in [-0.4, -0.2) is 19.5 Å². The number of thiophene rings is 1. The number of benzene rings is 1. The molecule has 1 N–H and O–H groups in total. The third-order valence-electron chi connectivity index (χ3n) is 5.13. The number of nitrogens with zero attached hydrogens (tertiary/aromatic N) is 3. The number of thioether (sulfide) groups is 1. The van der Waals surface area contributed by atoms with Crippen LogP contribution in [0.25, 0.3) is 21.3 Å². The number of imidazole rings is 1. The summed E-state index contributed by atoms with van der Waals surface area (Å²) in [6.45, 7) is 5.35. The number of para-hydroxylation sites is 2. The van der Waals surface area contributed by atoms with E-state index in [1.807, 2.05) is 6.07 Å². The van der Waals surface area contributed by atoms with Crippen molar-refractivity contribution in [3.05, 3.63) is 50.9 Å². The molecule has 0 atom stereocenters. The van der Waals surface area contributed by atoms with E-state index in [4.69, 9.17) is 9.97 Å². The Morgan fingerprint density at radius 3 is 2.96 bits per heavy atom. The van der Waals surface area contributed by atoms with Crippen LogP contribution >= 0.6 is 23.1 Å². The zero-order valence-corrected chi connectivity index (χ0v) is 17.6. The molecule has 4 aromatic rings. The Labute approximate surface area is 171 Å². The van der Waals surface area contributed by atoms with Gasteiger partial charge in [-0.25, -0.2) is 9.97 Å². The van der Waals surface area contributed by atoms with E-state index in [1.54, 1.807) is 23.1 Å². The van der Waals surface area contributed by atoms with Crippen LogP contribution in [0.2, 0.25) is 0 Å². The Kier molecular flexibility index (Phi) is 4.51. The smallest absolute Gasteiger partial charge is 0.259 e. The highest BCUT2D eigenvalue weighted by Gasteiger charge is 2.21. The molecular weight excluding hydrogens is 388 g/mol. The zero-order chi connectivity index (χ0) is 19.3. The molecule has 0 bridgehead atoms. The fraction of sp³-hybridized carbons (Fsp3) is 0.381. The fourth-order valence-corrected chi connectivity index (χ4v) is 6.13. The summed E-state index contributed by atoms with van der Waals surface area (Å²) >= 11 is 3.33. The molecule has 0 aliphatic heterocycles. The number of fused-ring (bicyclic) bond motifs is 4. The highest BCUT2D eigenvalue weighted by atomic mass is 32.2. The maximum Gasteiger partial charge on any atom is 0.259 e. The SMILES string of the molecule is CC(C)Cn1c(SCc2nc3sc4c(c3c(=O)[nH]2)CCC4)nc2ccccc21. The second-order valence-corrected chi connectivity index (χ2v) is 9.75. The minimum absolute atomic E-state index is 0.00989. The van der Waals surface area contributed by atoms with Crippen LogP contribution in [0.15, 0.2) is 34.2 Å². The van der Waals surface area contributed by atoms with Crippen LogP contribution in [0.1, 0.15) is 36.5 Å². The Balaban J connectivity index is 1.47. The molecule has 0 radical (unpaired) electrons. The molecule has 1 aliphatic carbocycles. The average Bonchev–Trinajstić information content (AvgIpc) is 3.33. The molecule has 0 saturated carbocycles. The van der Waals surface area contributed by atoms with Crippen LogP contribution in [-0.2, 0) is 25.1 Å². The number of aromatic nitrogens is 4. The van der Waals surface area contributed by atoms with Crippen molar-refractivity contribution in [2.24, 2.45) is 5.92 Å². The lowest BCUT2D eigenvalue weighted by Crippen LogP contribution is -2.11. The lowest BCUT2D eigenvalue weighted by atomic mass is 10.2. The summed E-state index contributed by atoms with van der Waals surface area (Å²) in [7, 11) is 0. The third-order valence-corrected chi connectivity index (χ3v) is 7.30. The molecule has 0 unspecified atom stereocenters. The maximum absolute atomic E-state index is 12.7. The van der Waals surface area contributed by atoms with E-state index >= 15 is 0 Å². The first-order valence-corrected chi connectivity index (χ1v) is 11.5. The number of rotatable bonds is 5.